The molecule has 146 valence electrons. The number of amides is 2. The molecule has 2 amide bonds. The van der Waals surface area contributed by atoms with E-state index in [1.807, 2.05) is 25.7 Å². The largest absolute Gasteiger partial charge is 0.444 e. The molecule has 0 bridgehead atoms. The number of nitrogens with zero attached hydrogens (tertiary/aromatic N) is 4. The molecule has 2 heterocycles. The van der Waals surface area contributed by atoms with Crippen LogP contribution in [0.4, 0.5) is 4.79 Å². The maximum Gasteiger partial charge on any atom is 0.410 e. The predicted molar refractivity (Wildman–Crippen MR) is 98.4 cm³/mol. The highest BCUT2D eigenvalue weighted by Gasteiger charge is 2.31. The fraction of sp³-hybridized carbons (Fsp3) is 0.842. The quantitative estimate of drug-likeness (QED) is 0.766. The first-order chi connectivity index (χ1) is 12.3. The molecule has 0 radical (unpaired) electrons. The molecular weight excluding hydrogens is 332 g/mol. The van der Waals surface area contributed by atoms with Gasteiger partial charge < -0.3 is 19.4 Å². The van der Waals surface area contributed by atoms with Crippen molar-refractivity contribution in [2.45, 2.75) is 52.1 Å². The van der Waals surface area contributed by atoms with Crippen molar-refractivity contribution in [1.82, 2.24) is 14.7 Å². The maximum atomic E-state index is 12.9. The average Bonchev–Trinajstić information content (AvgIpc) is 2.84. The fourth-order valence-electron chi connectivity index (χ4n) is 3.57. The molecule has 7 nitrogen and oxygen atoms in total. The van der Waals surface area contributed by atoms with Crippen LogP contribution in [-0.2, 0) is 9.53 Å². The summed E-state index contributed by atoms with van der Waals surface area (Å²) in [5.41, 5.74) is -0.506. The van der Waals surface area contributed by atoms with E-state index in [0.29, 0.717) is 32.6 Å². The molecule has 0 spiro atoms. The molecule has 0 N–H and O–H groups in total. The molecule has 0 aromatic heterocycles. The molecule has 0 saturated carbocycles. The SMILES string of the molecule is CC(C)(C)OC(=O)N1CCCN(C(=O)C2CCCN(CCC#N)C2)CC1. The molecule has 2 saturated heterocycles. The Morgan fingerprint density at radius 3 is 2.46 bits per heavy atom. The van der Waals surface area contributed by atoms with Gasteiger partial charge in [-0.1, -0.05) is 0 Å². The van der Waals surface area contributed by atoms with Crippen molar-refractivity contribution in [3.05, 3.63) is 0 Å². The van der Waals surface area contributed by atoms with Crippen molar-refractivity contribution in [1.29, 1.82) is 5.26 Å². The minimum absolute atomic E-state index is 0.00974. The summed E-state index contributed by atoms with van der Waals surface area (Å²) in [7, 11) is 0. The lowest BCUT2D eigenvalue weighted by Gasteiger charge is -2.34. The van der Waals surface area contributed by atoms with Crippen molar-refractivity contribution >= 4 is 12.0 Å². The van der Waals surface area contributed by atoms with E-state index in [-0.39, 0.29) is 17.9 Å². The Morgan fingerprint density at radius 2 is 1.77 bits per heavy atom. The van der Waals surface area contributed by atoms with E-state index in [4.69, 9.17) is 10.00 Å². The number of piperidine rings is 1. The lowest BCUT2D eigenvalue weighted by Crippen LogP contribution is -2.46. The topological polar surface area (TPSA) is 76.9 Å². The van der Waals surface area contributed by atoms with Crippen LogP contribution >= 0.6 is 0 Å². The summed E-state index contributed by atoms with van der Waals surface area (Å²) < 4.78 is 5.45. The van der Waals surface area contributed by atoms with Crippen LogP contribution in [0.2, 0.25) is 0 Å². The Kier molecular flexibility index (Phi) is 7.27. The number of hydrogen-bond acceptors (Lipinski definition) is 5. The Morgan fingerprint density at radius 1 is 1.08 bits per heavy atom. The first kappa shape index (κ1) is 20.5. The summed E-state index contributed by atoms with van der Waals surface area (Å²) in [6.45, 7) is 10.4. The van der Waals surface area contributed by atoms with E-state index in [1.54, 1.807) is 4.90 Å². The van der Waals surface area contributed by atoms with Crippen molar-refractivity contribution in [2.24, 2.45) is 5.92 Å². The van der Waals surface area contributed by atoms with Gasteiger partial charge in [0.25, 0.3) is 0 Å². The van der Waals surface area contributed by atoms with Gasteiger partial charge in [0.05, 0.1) is 12.0 Å². The summed E-state index contributed by atoms with van der Waals surface area (Å²) in [6, 6.07) is 2.18. The standard InChI is InChI=1S/C19H32N4O3/c1-19(2,3)26-18(25)23-12-6-11-22(13-14-23)17(24)16-7-4-9-21(15-16)10-5-8-20/h16H,4-7,9-15H2,1-3H3. The Hall–Kier alpha value is -1.81. The van der Waals surface area contributed by atoms with Crippen LogP contribution in [0, 0.1) is 17.2 Å². The highest BCUT2D eigenvalue weighted by Crippen LogP contribution is 2.20. The lowest BCUT2D eigenvalue weighted by atomic mass is 9.96. The summed E-state index contributed by atoms with van der Waals surface area (Å²) in [5.74, 6) is 0.202. The first-order valence-electron chi connectivity index (χ1n) is 9.66. The van der Waals surface area contributed by atoms with Gasteiger partial charge in [0.15, 0.2) is 0 Å². The number of carbonyl (C=O) groups excluding carboxylic acids is 2. The Balaban J connectivity index is 1.87. The molecule has 0 aliphatic carbocycles. The van der Waals surface area contributed by atoms with Gasteiger partial charge in [-0.15, -0.1) is 0 Å². The van der Waals surface area contributed by atoms with Gasteiger partial charge in [-0.2, -0.15) is 5.26 Å². The predicted octanol–water partition coefficient (Wildman–Crippen LogP) is 2.08. The molecule has 0 aromatic carbocycles. The van der Waals surface area contributed by atoms with Gasteiger partial charge in [0.2, 0.25) is 5.91 Å². The van der Waals surface area contributed by atoms with Gasteiger partial charge >= 0.3 is 6.09 Å². The third-order valence-corrected chi connectivity index (χ3v) is 4.85. The van der Waals surface area contributed by atoms with Gasteiger partial charge in [-0.3, -0.25) is 4.79 Å². The minimum Gasteiger partial charge on any atom is -0.444 e. The van der Waals surface area contributed by atoms with Crippen molar-refractivity contribution in [3.63, 3.8) is 0 Å². The van der Waals surface area contributed by atoms with E-state index in [1.165, 1.54) is 0 Å². The zero-order valence-corrected chi connectivity index (χ0v) is 16.4. The summed E-state index contributed by atoms with van der Waals surface area (Å²) >= 11 is 0. The molecule has 2 rings (SSSR count). The monoisotopic (exact) mass is 364 g/mol. The first-order valence-corrected chi connectivity index (χ1v) is 9.66. The number of carbonyl (C=O) groups is 2. The van der Waals surface area contributed by atoms with Crippen LogP contribution in [0.15, 0.2) is 0 Å². The molecule has 2 aliphatic heterocycles. The van der Waals surface area contributed by atoms with E-state index in [2.05, 4.69) is 11.0 Å². The molecule has 1 unspecified atom stereocenters. The number of ether oxygens (including phenoxy) is 1. The van der Waals surface area contributed by atoms with Crippen LogP contribution in [-0.4, -0.2) is 78.1 Å². The second-order valence-electron chi connectivity index (χ2n) is 8.19. The summed E-state index contributed by atoms with van der Waals surface area (Å²) in [5, 5.41) is 8.75. The van der Waals surface area contributed by atoms with Crippen LogP contribution in [0.1, 0.15) is 46.5 Å². The van der Waals surface area contributed by atoms with E-state index in [0.717, 1.165) is 38.9 Å². The van der Waals surface area contributed by atoms with Crippen LogP contribution in [0.3, 0.4) is 0 Å². The molecule has 0 aromatic rings. The number of rotatable bonds is 3. The zero-order chi connectivity index (χ0) is 19.2. The van der Waals surface area contributed by atoms with Crippen molar-refractivity contribution in [3.8, 4) is 6.07 Å². The highest BCUT2D eigenvalue weighted by atomic mass is 16.6. The van der Waals surface area contributed by atoms with Crippen LogP contribution in [0.5, 0.6) is 0 Å². The fourth-order valence-corrected chi connectivity index (χ4v) is 3.57. The Bertz CT molecular complexity index is 538. The Labute approximate surface area is 156 Å². The third kappa shape index (κ3) is 6.17. The van der Waals surface area contributed by atoms with Crippen molar-refractivity contribution < 1.29 is 14.3 Å². The zero-order valence-electron chi connectivity index (χ0n) is 16.4. The number of hydrogen-bond donors (Lipinski definition) is 0. The second-order valence-corrected chi connectivity index (χ2v) is 8.19. The molecule has 7 heteroatoms. The lowest BCUT2D eigenvalue weighted by molar-refractivity contribution is -0.137. The normalized spacial score (nSPS) is 22.5. The van der Waals surface area contributed by atoms with Crippen molar-refractivity contribution in [2.75, 3.05) is 45.8 Å². The molecule has 1 atom stereocenters. The second kappa shape index (κ2) is 9.22. The number of likely N-dealkylation sites (tertiary alicyclic amines) is 1. The maximum absolute atomic E-state index is 12.9. The van der Waals surface area contributed by atoms with E-state index in [9.17, 15) is 9.59 Å². The van der Waals surface area contributed by atoms with Gasteiger partial charge in [0, 0.05) is 45.7 Å². The van der Waals surface area contributed by atoms with Gasteiger partial charge in [0.1, 0.15) is 5.60 Å². The van der Waals surface area contributed by atoms with E-state index >= 15 is 0 Å². The smallest absolute Gasteiger partial charge is 0.410 e. The molecule has 26 heavy (non-hydrogen) atoms. The highest BCUT2D eigenvalue weighted by molar-refractivity contribution is 5.79. The van der Waals surface area contributed by atoms with Crippen LogP contribution in [0.25, 0.3) is 0 Å². The van der Waals surface area contributed by atoms with Crippen LogP contribution < -0.4 is 0 Å². The number of nitriles is 1. The summed E-state index contributed by atoms with van der Waals surface area (Å²) in [4.78, 5) is 31.0. The molecule has 2 fully saturated rings. The van der Waals surface area contributed by atoms with E-state index < -0.39 is 5.60 Å². The average molecular weight is 364 g/mol. The van der Waals surface area contributed by atoms with Gasteiger partial charge in [-0.05, 0) is 46.6 Å². The molecular formula is C19H32N4O3. The molecule has 2 aliphatic rings. The minimum atomic E-state index is -0.506. The summed E-state index contributed by atoms with van der Waals surface area (Å²) in [6.07, 6.45) is 2.89. The third-order valence-electron chi connectivity index (χ3n) is 4.85. The van der Waals surface area contributed by atoms with Gasteiger partial charge in [-0.25, -0.2) is 4.79 Å².